The topological polar surface area (TPSA) is 90.7 Å². The molecule has 2 N–H and O–H groups in total. The molecular formula is C12H17N5O. The normalized spacial score (nSPS) is 12.9. The van der Waals surface area contributed by atoms with Crippen LogP contribution in [0.4, 0.5) is 0 Å². The molecule has 0 saturated heterocycles. The van der Waals surface area contributed by atoms with E-state index in [-0.39, 0.29) is 6.04 Å². The van der Waals surface area contributed by atoms with Crippen molar-refractivity contribution in [2.24, 2.45) is 11.7 Å². The maximum atomic E-state index is 5.97. The van der Waals surface area contributed by atoms with Gasteiger partial charge in [-0.2, -0.15) is 4.98 Å². The van der Waals surface area contributed by atoms with Gasteiger partial charge in [0.1, 0.15) is 11.5 Å². The Hall–Kier alpha value is -1.82. The van der Waals surface area contributed by atoms with Crippen LogP contribution >= 0.6 is 0 Å². The van der Waals surface area contributed by atoms with Crippen LogP contribution in [-0.2, 0) is 6.42 Å². The Morgan fingerprint density at radius 2 is 2.11 bits per heavy atom. The highest BCUT2D eigenvalue weighted by Crippen LogP contribution is 2.14. The quantitative estimate of drug-likeness (QED) is 0.877. The Morgan fingerprint density at radius 1 is 1.33 bits per heavy atom. The van der Waals surface area contributed by atoms with E-state index in [1.807, 2.05) is 6.92 Å². The first-order valence-corrected chi connectivity index (χ1v) is 5.94. The summed E-state index contributed by atoms with van der Waals surface area (Å²) in [6.45, 7) is 5.95. The number of nitrogens with two attached hydrogens (primary N) is 1. The van der Waals surface area contributed by atoms with Crippen molar-refractivity contribution >= 4 is 0 Å². The Bertz CT molecular complexity index is 523. The van der Waals surface area contributed by atoms with Gasteiger partial charge in [-0.25, -0.2) is 9.97 Å². The van der Waals surface area contributed by atoms with E-state index in [2.05, 4.69) is 34.0 Å². The van der Waals surface area contributed by atoms with Gasteiger partial charge < -0.3 is 10.3 Å². The minimum absolute atomic E-state index is 0.0189. The fraction of sp³-hybridized carbons (Fsp3) is 0.500. The summed E-state index contributed by atoms with van der Waals surface area (Å²) in [5, 5.41) is 3.91. The molecule has 96 valence electrons. The van der Waals surface area contributed by atoms with Crippen molar-refractivity contribution in [3.63, 3.8) is 0 Å². The van der Waals surface area contributed by atoms with Crippen molar-refractivity contribution in [1.29, 1.82) is 0 Å². The molecule has 6 nitrogen and oxygen atoms in total. The predicted molar refractivity (Wildman–Crippen MR) is 66.6 cm³/mol. The smallest absolute Gasteiger partial charge is 0.228 e. The molecule has 2 aromatic heterocycles. The van der Waals surface area contributed by atoms with Gasteiger partial charge >= 0.3 is 0 Å². The van der Waals surface area contributed by atoms with Crippen molar-refractivity contribution in [2.75, 3.05) is 0 Å². The van der Waals surface area contributed by atoms with Crippen molar-refractivity contribution in [3.05, 3.63) is 24.0 Å². The molecule has 0 bridgehead atoms. The lowest BCUT2D eigenvalue weighted by Gasteiger charge is -2.11. The fourth-order valence-electron chi connectivity index (χ4n) is 1.46. The van der Waals surface area contributed by atoms with E-state index >= 15 is 0 Å². The highest BCUT2D eigenvalue weighted by atomic mass is 16.5. The van der Waals surface area contributed by atoms with E-state index in [4.69, 9.17) is 10.3 Å². The maximum Gasteiger partial charge on any atom is 0.228 e. The SMILES string of the molecule is Cc1nccc(-c2noc(CC(N)C(C)C)n2)n1. The summed E-state index contributed by atoms with van der Waals surface area (Å²) >= 11 is 0. The number of nitrogens with zero attached hydrogens (tertiary/aromatic N) is 4. The molecular weight excluding hydrogens is 230 g/mol. The summed E-state index contributed by atoms with van der Waals surface area (Å²) in [6.07, 6.45) is 2.25. The molecule has 0 aliphatic carbocycles. The average Bonchev–Trinajstić information content (AvgIpc) is 2.77. The summed E-state index contributed by atoms with van der Waals surface area (Å²) in [4.78, 5) is 12.6. The van der Waals surface area contributed by atoms with Crippen LogP contribution in [0, 0.1) is 12.8 Å². The standard InChI is InChI=1S/C12H17N5O/c1-7(2)9(13)6-11-16-12(17-18-11)10-4-5-14-8(3)15-10/h4-5,7,9H,6,13H2,1-3H3. The average molecular weight is 247 g/mol. The predicted octanol–water partition coefficient (Wildman–Crippen LogP) is 1.36. The van der Waals surface area contributed by atoms with Gasteiger partial charge in [-0.1, -0.05) is 19.0 Å². The molecule has 0 amide bonds. The molecule has 2 aromatic rings. The Kier molecular flexibility index (Phi) is 3.66. The third-order valence-corrected chi connectivity index (χ3v) is 2.74. The zero-order valence-corrected chi connectivity index (χ0v) is 10.8. The second kappa shape index (κ2) is 5.22. The summed E-state index contributed by atoms with van der Waals surface area (Å²) in [5.74, 6) is 2.08. The van der Waals surface area contributed by atoms with Gasteiger partial charge in [0, 0.05) is 18.7 Å². The highest BCUT2D eigenvalue weighted by molar-refractivity contribution is 5.46. The summed E-state index contributed by atoms with van der Waals surface area (Å²) in [5.41, 5.74) is 6.63. The Labute approximate surface area is 106 Å². The molecule has 6 heteroatoms. The third kappa shape index (κ3) is 2.89. The molecule has 1 unspecified atom stereocenters. The largest absolute Gasteiger partial charge is 0.339 e. The van der Waals surface area contributed by atoms with E-state index in [0.717, 1.165) is 0 Å². The molecule has 0 aliphatic heterocycles. The molecule has 0 aromatic carbocycles. The first-order chi connectivity index (χ1) is 8.56. The maximum absolute atomic E-state index is 5.97. The van der Waals surface area contributed by atoms with Crippen molar-refractivity contribution < 1.29 is 4.52 Å². The van der Waals surface area contributed by atoms with E-state index in [1.165, 1.54) is 0 Å². The van der Waals surface area contributed by atoms with Gasteiger partial charge in [0.05, 0.1) is 0 Å². The second-order valence-corrected chi connectivity index (χ2v) is 4.61. The molecule has 0 fully saturated rings. The number of hydrogen-bond acceptors (Lipinski definition) is 6. The van der Waals surface area contributed by atoms with Crippen molar-refractivity contribution in [2.45, 2.75) is 33.2 Å². The molecule has 2 heterocycles. The molecule has 0 aliphatic rings. The van der Waals surface area contributed by atoms with Gasteiger partial charge in [0.2, 0.25) is 11.7 Å². The number of aryl methyl sites for hydroxylation is 1. The van der Waals surface area contributed by atoms with Gasteiger partial charge in [-0.05, 0) is 18.9 Å². The van der Waals surface area contributed by atoms with E-state index in [1.54, 1.807) is 12.3 Å². The van der Waals surface area contributed by atoms with E-state index < -0.39 is 0 Å². The lowest BCUT2D eigenvalue weighted by molar-refractivity contribution is 0.353. The molecule has 1 atom stereocenters. The highest BCUT2D eigenvalue weighted by Gasteiger charge is 2.15. The van der Waals surface area contributed by atoms with Crippen LogP contribution in [0.2, 0.25) is 0 Å². The zero-order valence-electron chi connectivity index (χ0n) is 10.8. The summed E-state index contributed by atoms with van der Waals surface area (Å²) in [6, 6.07) is 1.77. The van der Waals surface area contributed by atoms with Crippen molar-refractivity contribution in [3.8, 4) is 11.5 Å². The first kappa shape index (κ1) is 12.6. The third-order valence-electron chi connectivity index (χ3n) is 2.74. The van der Waals surface area contributed by atoms with Crippen LogP contribution in [0.3, 0.4) is 0 Å². The minimum Gasteiger partial charge on any atom is -0.339 e. The van der Waals surface area contributed by atoms with Crippen LogP contribution in [0.5, 0.6) is 0 Å². The molecule has 0 spiro atoms. The van der Waals surface area contributed by atoms with Gasteiger partial charge in [0.15, 0.2) is 0 Å². The van der Waals surface area contributed by atoms with Gasteiger partial charge in [-0.15, -0.1) is 0 Å². The van der Waals surface area contributed by atoms with Crippen LogP contribution in [0.1, 0.15) is 25.6 Å². The summed E-state index contributed by atoms with van der Waals surface area (Å²) in [7, 11) is 0. The van der Waals surface area contributed by atoms with Gasteiger partial charge in [-0.3, -0.25) is 0 Å². The van der Waals surface area contributed by atoms with Crippen LogP contribution in [0.25, 0.3) is 11.5 Å². The number of hydrogen-bond donors (Lipinski definition) is 1. The van der Waals surface area contributed by atoms with Crippen molar-refractivity contribution in [1.82, 2.24) is 20.1 Å². The Balaban J connectivity index is 2.15. The number of rotatable bonds is 4. The Morgan fingerprint density at radius 3 is 2.78 bits per heavy atom. The molecule has 0 radical (unpaired) electrons. The summed E-state index contributed by atoms with van der Waals surface area (Å²) < 4.78 is 5.18. The van der Waals surface area contributed by atoms with E-state index in [0.29, 0.717) is 35.6 Å². The number of aromatic nitrogens is 4. The monoisotopic (exact) mass is 247 g/mol. The lowest BCUT2D eigenvalue weighted by atomic mass is 10.0. The van der Waals surface area contributed by atoms with Crippen LogP contribution < -0.4 is 5.73 Å². The zero-order chi connectivity index (χ0) is 13.1. The first-order valence-electron chi connectivity index (χ1n) is 5.94. The lowest BCUT2D eigenvalue weighted by Crippen LogP contribution is -2.28. The van der Waals surface area contributed by atoms with Gasteiger partial charge in [0.25, 0.3) is 0 Å². The van der Waals surface area contributed by atoms with Crippen LogP contribution in [0.15, 0.2) is 16.8 Å². The fourth-order valence-corrected chi connectivity index (χ4v) is 1.46. The minimum atomic E-state index is 0.0189. The molecule has 2 rings (SSSR count). The molecule has 0 saturated carbocycles. The van der Waals surface area contributed by atoms with Crippen LogP contribution in [-0.4, -0.2) is 26.2 Å². The molecule has 18 heavy (non-hydrogen) atoms. The second-order valence-electron chi connectivity index (χ2n) is 4.61. The van der Waals surface area contributed by atoms with E-state index in [9.17, 15) is 0 Å².